The van der Waals surface area contributed by atoms with E-state index in [0.29, 0.717) is 16.7 Å². The normalized spacial score (nSPS) is 14.9. The van der Waals surface area contributed by atoms with Crippen LogP contribution in [-0.2, 0) is 16.8 Å². The highest BCUT2D eigenvalue weighted by molar-refractivity contribution is 7.85. The number of hydrogen-bond acceptors (Lipinski definition) is 4. The van der Waals surface area contributed by atoms with Crippen molar-refractivity contribution >= 4 is 10.3 Å². The molecule has 5 nitrogen and oxygen atoms in total. The maximum absolute atomic E-state index is 14.9. The number of methoxy groups -OCH3 is 1. The summed E-state index contributed by atoms with van der Waals surface area (Å²) in [5, 5.41) is 0. The third kappa shape index (κ3) is 3.39. The highest BCUT2D eigenvalue weighted by atomic mass is 32.2. The Hall–Kier alpha value is -2.90. The second-order valence-electron chi connectivity index (χ2n) is 6.08. The van der Waals surface area contributed by atoms with Gasteiger partial charge in [-0.25, -0.2) is 4.39 Å². The molecule has 27 heavy (non-hydrogen) atoms. The molecule has 0 bridgehead atoms. The molecule has 0 saturated heterocycles. The van der Waals surface area contributed by atoms with Crippen LogP contribution in [0.3, 0.4) is 0 Å². The first-order valence-electron chi connectivity index (χ1n) is 8.22. The van der Waals surface area contributed by atoms with Gasteiger partial charge in [-0.05, 0) is 29.3 Å². The number of para-hydroxylation sites is 1. The van der Waals surface area contributed by atoms with Crippen molar-refractivity contribution in [3.8, 4) is 33.8 Å². The van der Waals surface area contributed by atoms with E-state index < -0.39 is 16.1 Å². The van der Waals surface area contributed by atoms with Gasteiger partial charge < -0.3 is 8.92 Å². The molecular weight excluding hydrogens is 369 g/mol. The van der Waals surface area contributed by atoms with E-state index in [9.17, 15) is 12.8 Å². The molecule has 0 aromatic heterocycles. The van der Waals surface area contributed by atoms with Crippen molar-refractivity contribution in [1.29, 1.82) is 0 Å². The van der Waals surface area contributed by atoms with Crippen LogP contribution in [0.1, 0.15) is 5.56 Å². The average Bonchev–Trinajstić information content (AvgIpc) is 2.67. The van der Waals surface area contributed by atoms with E-state index in [1.54, 1.807) is 49.6 Å². The number of halogens is 1. The zero-order valence-corrected chi connectivity index (χ0v) is 15.2. The molecule has 3 aromatic rings. The highest BCUT2D eigenvalue weighted by Crippen LogP contribution is 2.38. The van der Waals surface area contributed by atoms with Gasteiger partial charge in [0.2, 0.25) is 0 Å². The van der Waals surface area contributed by atoms with Crippen LogP contribution in [0.15, 0.2) is 60.7 Å². The molecule has 0 unspecified atom stereocenters. The average molecular weight is 385 g/mol. The van der Waals surface area contributed by atoms with E-state index in [0.717, 1.165) is 11.3 Å². The maximum atomic E-state index is 14.9. The quantitative estimate of drug-likeness (QED) is 0.743. The molecule has 1 aliphatic heterocycles. The molecular formula is C20H16FNO4S. The smallest absolute Gasteiger partial charge is 0.382 e. The fourth-order valence-corrected chi connectivity index (χ4v) is 3.84. The first-order valence-corrected chi connectivity index (χ1v) is 9.63. The van der Waals surface area contributed by atoms with E-state index in [1.165, 1.54) is 6.07 Å². The Morgan fingerprint density at radius 3 is 2.44 bits per heavy atom. The van der Waals surface area contributed by atoms with Crippen molar-refractivity contribution in [3.63, 3.8) is 0 Å². The van der Waals surface area contributed by atoms with Crippen LogP contribution < -0.4 is 13.6 Å². The number of fused-ring (bicyclic) bond motifs is 1. The highest BCUT2D eigenvalue weighted by Gasteiger charge is 2.25. The molecule has 0 atom stereocenters. The van der Waals surface area contributed by atoms with E-state index in [1.807, 2.05) is 12.1 Å². The zero-order valence-electron chi connectivity index (χ0n) is 14.4. The minimum absolute atomic E-state index is 0.108. The summed E-state index contributed by atoms with van der Waals surface area (Å²) in [5.74, 6) is 0.419. The largest absolute Gasteiger partial charge is 0.497 e. The van der Waals surface area contributed by atoms with Crippen LogP contribution in [0.25, 0.3) is 22.3 Å². The third-order valence-corrected chi connectivity index (χ3v) is 5.30. The molecule has 0 spiro atoms. The minimum Gasteiger partial charge on any atom is -0.497 e. The van der Waals surface area contributed by atoms with Gasteiger partial charge >= 0.3 is 10.3 Å². The summed E-state index contributed by atoms with van der Waals surface area (Å²) in [7, 11) is -2.30. The summed E-state index contributed by atoms with van der Waals surface area (Å²) in [6.07, 6.45) is 0. The first kappa shape index (κ1) is 17.5. The van der Waals surface area contributed by atoms with Crippen LogP contribution in [0, 0.1) is 5.82 Å². The number of benzene rings is 3. The molecule has 0 saturated carbocycles. The van der Waals surface area contributed by atoms with Crippen molar-refractivity contribution in [1.82, 2.24) is 4.72 Å². The molecule has 3 aromatic carbocycles. The van der Waals surface area contributed by atoms with Gasteiger partial charge in [-0.2, -0.15) is 13.1 Å². The van der Waals surface area contributed by atoms with Crippen LogP contribution in [0.4, 0.5) is 4.39 Å². The summed E-state index contributed by atoms with van der Waals surface area (Å²) >= 11 is 0. The molecule has 1 aliphatic rings. The molecule has 7 heteroatoms. The minimum atomic E-state index is -3.88. The molecule has 4 rings (SSSR count). The van der Waals surface area contributed by atoms with E-state index in [4.69, 9.17) is 8.92 Å². The van der Waals surface area contributed by atoms with Crippen LogP contribution >= 0.6 is 0 Å². The Labute approximate surface area is 156 Å². The summed E-state index contributed by atoms with van der Waals surface area (Å²) in [5.41, 5.74) is 2.89. The molecule has 0 radical (unpaired) electrons. The fourth-order valence-electron chi connectivity index (χ4n) is 3.04. The van der Waals surface area contributed by atoms with E-state index in [2.05, 4.69) is 4.72 Å². The number of ether oxygens (including phenoxy) is 1. The predicted molar refractivity (Wildman–Crippen MR) is 100 cm³/mol. The van der Waals surface area contributed by atoms with Gasteiger partial charge in [0.25, 0.3) is 0 Å². The van der Waals surface area contributed by atoms with Gasteiger partial charge in [0, 0.05) is 23.2 Å². The van der Waals surface area contributed by atoms with E-state index in [-0.39, 0.29) is 17.9 Å². The topological polar surface area (TPSA) is 64.6 Å². The lowest BCUT2D eigenvalue weighted by Crippen LogP contribution is -2.32. The monoisotopic (exact) mass is 385 g/mol. The van der Waals surface area contributed by atoms with Gasteiger partial charge in [-0.3, -0.25) is 0 Å². The number of hydrogen-bond donors (Lipinski definition) is 1. The molecule has 1 heterocycles. The zero-order chi connectivity index (χ0) is 19.0. The summed E-state index contributed by atoms with van der Waals surface area (Å²) in [6, 6.07) is 17.3. The fraction of sp³-hybridized carbons (Fsp3) is 0.100. The second kappa shape index (κ2) is 6.68. The van der Waals surface area contributed by atoms with Gasteiger partial charge in [0.05, 0.1) is 7.11 Å². The SMILES string of the molecule is COc1ccc(-c2ccc(-c3cccc4c3OS(=O)(=O)NC4)c(F)c2)cc1. The summed E-state index contributed by atoms with van der Waals surface area (Å²) in [4.78, 5) is 0. The Balaban J connectivity index is 1.76. The summed E-state index contributed by atoms with van der Waals surface area (Å²) < 4.78 is 50.9. The predicted octanol–water partition coefficient (Wildman–Crippen LogP) is 3.90. The molecule has 0 fully saturated rings. The van der Waals surface area contributed by atoms with Gasteiger partial charge in [0.1, 0.15) is 11.6 Å². The standard InChI is InChI=1S/C20H16FNO4S/c1-25-16-8-5-13(6-9-16)14-7-10-17(19(21)11-14)18-4-2-3-15-12-22-27(23,24)26-20(15)18/h2-11,22H,12H2,1H3. The Morgan fingerprint density at radius 1 is 1.00 bits per heavy atom. The Morgan fingerprint density at radius 2 is 1.74 bits per heavy atom. The van der Waals surface area contributed by atoms with E-state index >= 15 is 0 Å². The van der Waals surface area contributed by atoms with Crippen molar-refractivity contribution in [3.05, 3.63) is 72.0 Å². The van der Waals surface area contributed by atoms with Crippen LogP contribution in [0.5, 0.6) is 11.5 Å². The Kier molecular flexibility index (Phi) is 4.33. The summed E-state index contributed by atoms with van der Waals surface area (Å²) in [6.45, 7) is 0.108. The molecule has 138 valence electrons. The number of rotatable bonds is 3. The van der Waals surface area contributed by atoms with Crippen molar-refractivity contribution in [2.45, 2.75) is 6.54 Å². The van der Waals surface area contributed by atoms with Gasteiger partial charge in [0.15, 0.2) is 5.75 Å². The van der Waals surface area contributed by atoms with Crippen LogP contribution in [-0.4, -0.2) is 15.5 Å². The van der Waals surface area contributed by atoms with Crippen molar-refractivity contribution < 1.29 is 21.7 Å². The van der Waals surface area contributed by atoms with Gasteiger partial charge in [-0.1, -0.05) is 42.5 Å². The third-order valence-electron chi connectivity index (χ3n) is 4.41. The number of nitrogens with one attached hydrogen (secondary N) is 1. The lowest BCUT2D eigenvalue weighted by atomic mass is 9.97. The van der Waals surface area contributed by atoms with Gasteiger partial charge in [-0.15, -0.1) is 0 Å². The lowest BCUT2D eigenvalue weighted by molar-refractivity contribution is 0.415. The Bertz CT molecular complexity index is 1110. The van der Waals surface area contributed by atoms with Crippen molar-refractivity contribution in [2.75, 3.05) is 7.11 Å². The maximum Gasteiger partial charge on any atom is 0.382 e. The molecule has 1 N–H and O–H groups in total. The lowest BCUT2D eigenvalue weighted by Gasteiger charge is -2.21. The first-order chi connectivity index (χ1) is 13.0. The second-order valence-corrected chi connectivity index (χ2v) is 7.44. The molecule has 0 amide bonds. The van der Waals surface area contributed by atoms with Crippen LogP contribution in [0.2, 0.25) is 0 Å². The molecule has 0 aliphatic carbocycles. The van der Waals surface area contributed by atoms with Crippen molar-refractivity contribution in [2.24, 2.45) is 0 Å².